The zero-order valence-electron chi connectivity index (χ0n) is 16.0. The first-order chi connectivity index (χ1) is 14.6. The minimum Gasteiger partial charge on any atom is -0.465 e. The van der Waals surface area contributed by atoms with Crippen LogP contribution in [-0.4, -0.2) is 53.5 Å². The number of rotatable bonds is 5. The molecule has 0 unspecified atom stereocenters. The van der Waals surface area contributed by atoms with Crippen LogP contribution < -0.4 is 10.3 Å². The number of nitrogens with zero attached hydrogens (tertiary/aromatic N) is 4. The molecule has 0 aliphatic carbocycles. The van der Waals surface area contributed by atoms with Gasteiger partial charge in [-0.25, -0.2) is 9.78 Å². The highest BCUT2D eigenvalue weighted by atomic mass is 127. The first-order valence-corrected chi connectivity index (χ1v) is 10.5. The average Bonchev–Trinajstić information content (AvgIpc) is 3.29. The Morgan fingerprint density at radius 1 is 1.17 bits per heavy atom. The second-order valence-electron chi connectivity index (χ2n) is 6.78. The molecule has 154 valence electrons. The monoisotopic (exact) mass is 517 g/mol. The normalized spacial score (nSPS) is 14.3. The summed E-state index contributed by atoms with van der Waals surface area (Å²) >= 11 is 2.31. The van der Waals surface area contributed by atoms with Gasteiger partial charge in [-0.15, -0.1) is 0 Å². The van der Waals surface area contributed by atoms with Crippen LogP contribution in [-0.2, 0) is 0 Å². The van der Waals surface area contributed by atoms with E-state index in [0.717, 1.165) is 31.8 Å². The van der Waals surface area contributed by atoms with Crippen LogP contribution in [0.15, 0.2) is 64.6 Å². The van der Waals surface area contributed by atoms with E-state index < -0.39 is 6.09 Å². The lowest BCUT2D eigenvalue weighted by Crippen LogP contribution is -2.48. The lowest BCUT2D eigenvalue weighted by Gasteiger charge is -2.35. The molecular formula is C21H20IN5O3. The summed E-state index contributed by atoms with van der Waals surface area (Å²) in [6, 6.07) is 13.9. The van der Waals surface area contributed by atoms with Gasteiger partial charge < -0.3 is 19.3 Å². The van der Waals surface area contributed by atoms with E-state index >= 15 is 0 Å². The fourth-order valence-electron chi connectivity index (χ4n) is 3.25. The van der Waals surface area contributed by atoms with Crippen molar-refractivity contribution in [2.24, 2.45) is 5.10 Å². The number of anilines is 2. The molecule has 0 radical (unpaired) electrons. The van der Waals surface area contributed by atoms with Gasteiger partial charge >= 0.3 is 6.09 Å². The summed E-state index contributed by atoms with van der Waals surface area (Å²) in [6.45, 7) is 2.43. The molecule has 1 aliphatic rings. The van der Waals surface area contributed by atoms with Crippen molar-refractivity contribution in [3.05, 3.63) is 64.2 Å². The molecule has 0 spiro atoms. The Labute approximate surface area is 187 Å². The summed E-state index contributed by atoms with van der Waals surface area (Å²) < 4.78 is 6.39. The maximum absolute atomic E-state index is 11.1. The van der Waals surface area contributed by atoms with Crippen LogP contribution in [0.4, 0.5) is 16.2 Å². The summed E-state index contributed by atoms with van der Waals surface area (Å²) in [5.41, 5.74) is 6.96. The second kappa shape index (κ2) is 9.16. The Balaban J connectivity index is 1.35. The number of halogens is 1. The average molecular weight is 517 g/mol. The Bertz CT molecular complexity index is 1030. The molecule has 0 atom stereocenters. The van der Waals surface area contributed by atoms with Gasteiger partial charge in [-0.05, 0) is 64.6 Å². The molecule has 2 heterocycles. The number of oxazole rings is 1. The van der Waals surface area contributed by atoms with E-state index in [1.807, 2.05) is 30.3 Å². The molecule has 2 aromatic carbocycles. The van der Waals surface area contributed by atoms with E-state index in [9.17, 15) is 4.79 Å². The number of carbonyl (C=O) groups is 1. The van der Waals surface area contributed by atoms with E-state index in [4.69, 9.17) is 9.52 Å². The van der Waals surface area contributed by atoms with Crippen LogP contribution >= 0.6 is 22.6 Å². The van der Waals surface area contributed by atoms with Gasteiger partial charge in [-0.3, -0.25) is 5.43 Å². The molecule has 0 bridgehead atoms. The molecule has 9 heteroatoms. The van der Waals surface area contributed by atoms with Crippen molar-refractivity contribution in [2.75, 3.05) is 36.5 Å². The van der Waals surface area contributed by atoms with Gasteiger partial charge in [-0.2, -0.15) is 5.10 Å². The minimum absolute atomic E-state index is 0.522. The predicted octanol–water partition coefficient (Wildman–Crippen LogP) is 4.19. The van der Waals surface area contributed by atoms with E-state index in [2.05, 4.69) is 55.1 Å². The predicted molar refractivity (Wildman–Crippen MR) is 124 cm³/mol. The van der Waals surface area contributed by atoms with Crippen LogP contribution in [0.1, 0.15) is 5.56 Å². The number of nitrogens with one attached hydrogen (secondary N) is 1. The molecule has 30 heavy (non-hydrogen) atoms. The third kappa shape index (κ3) is 4.73. The van der Waals surface area contributed by atoms with Crippen LogP contribution in [0, 0.1) is 3.57 Å². The van der Waals surface area contributed by atoms with Crippen molar-refractivity contribution >= 4 is 46.3 Å². The summed E-state index contributed by atoms with van der Waals surface area (Å²) in [4.78, 5) is 18.7. The highest BCUT2D eigenvalue weighted by Crippen LogP contribution is 2.25. The lowest BCUT2D eigenvalue weighted by atomic mass is 10.2. The number of amides is 1. The lowest BCUT2D eigenvalue weighted by molar-refractivity contribution is 0.142. The topological polar surface area (TPSA) is 94.2 Å². The Hall–Kier alpha value is -3.08. The summed E-state index contributed by atoms with van der Waals surface area (Å²) in [7, 11) is 0. The fraction of sp³-hybridized carbons (Fsp3) is 0.190. The van der Waals surface area contributed by atoms with Crippen molar-refractivity contribution in [3.8, 4) is 11.3 Å². The standard InChI is InChI=1S/C21H20IN5O3/c22-18-11-15(1-6-19(18)26-7-9-27(10-8-26)21(28)29)12-24-25-17-4-2-16(3-5-17)20-13-23-14-30-20/h1-6,11-14,25H,7-10H2,(H,28,29). The molecule has 4 rings (SSSR count). The van der Waals surface area contributed by atoms with E-state index in [1.54, 1.807) is 12.4 Å². The highest BCUT2D eigenvalue weighted by molar-refractivity contribution is 14.1. The summed E-state index contributed by atoms with van der Waals surface area (Å²) in [5, 5.41) is 13.4. The largest absolute Gasteiger partial charge is 0.465 e. The molecule has 1 fully saturated rings. The number of hydrogen-bond donors (Lipinski definition) is 2. The molecule has 1 aromatic heterocycles. The van der Waals surface area contributed by atoms with Crippen LogP contribution in [0.5, 0.6) is 0 Å². The molecule has 1 amide bonds. The first kappa shape index (κ1) is 20.2. The first-order valence-electron chi connectivity index (χ1n) is 9.40. The van der Waals surface area contributed by atoms with Crippen molar-refractivity contribution in [1.29, 1.82) is 0 Å². The highest BCUT2D eigenvalue weighted by Gasteiger charge is 2.21. The van der Waals surface area contributed by atoms with Crippen molar-refractivity contribution in [2.45, 2.75) is 0 Å². The van der Waals surface area contributed by atoms with E-state index in [0.29, 0.717) is 26.2 Å². The maximum atomic E-state index is 11.1. The van der Waals surface area contributed by atoms with Gasteiger partial charge in [-0.1, -0.05) is 6.07 Å². The SMILES string of the molecule is O=C(O)N1CCN(c2ccc(C=NNc3ccc(-c4cnco4)cc3)cc2I)CC1. The maximum Gasteiger partial charge on any atom is 0.407 e. The zero-order chi connectivity index (χ0) is 20.9. The number of benzene rings is 2. The zero-order valence-corrected chi connectivity index (χ0v) is 18.2. The van der Waals surface area contributed by atoms with Crippen molar-refractivity contribution in [3.63, 3.8) is 0 Å². The van der Waals surface area contributed by atoms with Gasteiger partial charge in [0.1, 0.15) is 0 Å². The Morgan fingerprint density at radius 3 is 2.57 bits per heavy atom. The minimum atomic E-state index is -0.851. The molecule has 2 N–H and O–H groups in total. The van der Waals surface area contributed by atoms with Gasteiger partial charge in [0.05, 0.1) is 23.8 Å². The summed E-state index contributed by atoms with van der Waals surface area (Å²) in [5.74, 6) is 0.726. The fourth-order valence-corrected chi connectivity index (χ4v) is 4.13. The number of hydrogen-bond acceptors (Lipinski definition) is 6. The van der Waals surface area contributed by atoms with E-state index in [-0.39, 0.29) is 0 Å². The smallest absolute Gasteiger partial charge is 0.407 e. The van der Waals surface area contributed by atoms with Gasteiger partial charge in [0, 0.05) is 35.3 Å². The number of hydrazone groups is 1. The molecule has 8 nitrogen and oxygen atoms in total. The Morgan fingerprint density at radius 2 is 1.93 bits per heavy atom. The van der Waals surface area contributed by atoms with Crippen LogP contribution in [0.3, 0.4) is 0 Å². The number of carboxylic acid groups (broad SMARTS) is 1. The van der Waals surface area contributed by atoms with Crippen molar-refractivity contribution < 1.29 is 14.3 Å². The molecule has 1 saturated heterocycles. The molecule has 3 aromatic rings. The van der Waals surface area contributed by atoms with Gasteiger partial charge in [0.25, 0.3) is 0 Å². The quantitative estimate of drug-likeness (QED) is 0.300. The van der Waals surface area contributed by atoms with Gasteiger partial charge in [0.15, 0.2) is 12.2 Å². The van der Waals surface area contributed by atoms with Crippen LogP contribution in [0.2, 0.25) is 0 Å². The number of piperazine rings is 1. The summed E-state index contributed by atoms with van der Waals surface area (Å²) in [6.07, 6.45) is 4.02. The third-order valence-electron chi connectivity index (χ3n) is 4.87. The third-order valence-corrected chi connectivity index (χ3v) is 5.74. The van der Waals surface area contributed by atoms with E-state index in [1.165, 1.54) is 11.3 Å². The second-order valence-corrected chi connectivity index (χ2v) is 7.94. The Kier molecular flexibility index (Phi) is 6.17. The molecule has 1 aliphatic heterocycles. The van der Waals surface area contributed by atoms with Gasteiger partial charge in [0.2, 0.25) is 0 Å². The molecular weight excluding hydrogens is 497 g/mol. The van der Waals surface area contributed by atoms with Crippen molar-refractivity contribution in [1.82, 2.24) is 9.88 Å². The molecule has 0 saturated carbocycles. The number of aromatic nitrogens is 1. The van der Waals surface area contributed by atoms with Crippen LogP contribution in [0.25, 0.3) is 11.3 Å².